The van der Waals surface area contributed by atoms with Gasteiger partial charge in [0.15, 0.2) is 18.1 Å². The van der Waals surface area contributed by atoms with Crippen LogP contribution in [-0.4, -0.2) is 56.1 Å². The van der Waals surface area contributed by atoms with E-state index in [9.17, 15) is 14.4 Å². The molecule has 0 aliphatic carbocycles. The van der Waals surface area contributed by atoms with E-state index in [0.717, 1.165) is 0 Å². The Kier molecular flexibility index (Phi) is 9.35. The molecule has 2 aromatic carbocycles. The molecule has 0 radical (unpaired) electrons. The van der Waals surface area contributed by atoms with Crippen LogP contribution in [-0.2, 0) is 14.3 Å². The molecule has 0 bridgehead atoms. The van der Waals surface area contributed by atoms with Gasteiger partial charge < -0.3 is 24.4 Å². The Morgan fingerprint density at radius 1 is 0.935 bits per heavy atom. The van der Waals surface area contributed by atoms with Crippen molar-refractivity contribution in [3.05, 3.63) is 54.1 Å². The van der Waals surface area contributed by atoms with Crippen LogP contribution in [0.4, 0.5) is 5.69 Å². The number of esters is 1. The van der Waals surface area contributed by atoms with Gasteiger partial charge in [0.2, 0.25) is 0 Å². The molecule has 0 fully saturated rings. The molecular formula is C23H28N2O6. The summed E-state index contributed by atoms with van der Waals surface area (Å²) in [6.45, 7) is 4.78. The van der Waals surface area contributed by atoms with Crippen LogP contribution in [0.5, 0.6) is 11.5 Å². The Bertz CT molecular complexity index is 878. The third kappa shape index (κ3) is 7.33. The molecular weight excluding hydrogens is 400 g/mol. The highest BCUT2D eigenvalue weighted by molar-refractivity contribution is 5.96. The van der Waals surface area contributed by atoms with Gasteiger partial charge in [-0.1, -0.05) is 12.1 Å². The maximum Gasteiger partial charge on any atom is 0.309 e. The first-order valence-corrected chi connectivity index (χ1v) is 10.1. The average molecular weight is 428 g/mol. The second kappa shape index (κ2) is 12.2. The second-order valence-corrected chi connectivity index (χ2v) is 6.51. The summed E-state index contributed by atoms with van der Waals surface area (Å²) >= 11 is 0. The molecule has 2 rings (SSSR count). The van der Waals surface area contributed by atoms with Gasteiger partial charge in [0.05, 0.1) is 20.1 Å². The van der Waals surface area contributed by atoms with Crippen molar-refractivity contribution in [2.24, 2.45) is 0 Å². The first kappa shape index (κ1) is 23.7. The lowest BCUT2D eigenvalue weighted by Crippen LogP contribution is -2.30. The molecule has 0 saturated carbocycles. The van der Waals surface area contributed by atoms with E-state index < -0.39 is 18.5 Å². The number of amides is 2. The summed E-state index contributed by atoms with van der Waals surface area (Å²) in [7, 11) is 1.53. The summed E-state index contributed by atoms with van der Waals surface area (Å²) in [5.74, 6) is 0.0118. The van der Waals surface area contributed by atoms with Gasteiger partial charge in [-0.15, -0.1) is 0 Å². The van der Waals surface area contributed by atoms with Gasteiger partial charge in [-0.2, -0.15) is 0 Å². The molecule has 0 aliphatic rings. The normalized spacial score (nSPS) is 10.2. The first-order valence-electron chi connectivity index (χ1n) is 10.1. The van der Waals surface area contributed by atoms with Gasteiger partial charge in [-0.3, -0.25) is 14.4 Å². The summed E-state index contributed by atoms with van der Waals surface area (Å²) in [4.78, 5) is 37.8. The van der Waals surface area contributed by atoms with Crippen LogP contribution in [0.3, 0.4) is 0 Å². The van der Waals surface area contributed by atoms with Gasteiger partial charge in [-0.05, 0) is 50.2 Å². The fraction of sp³-hybridized carbons (Fsp3) is 0.348. The van der Waals surface area contributed by atoms with E-state index >= 15 is 0 Å². The molecule has 1 N–H and O–H groups in total. The fourth-order valence-electron chi connectivity index (χ4n) is 2.79. The second-order valence-electron chi connectivity index (χ2n) is 6.51. The SMILES string of the molecule is CCN(CC)C(=O)c1ccc(NC(=O)COC(=O)CCOc2ccccc2OC)cc1. The molecule has 0 saturated heterocycles. The van der Waals surface area contributed by atoms with Gasteiger partial charge >= 0.3 is 5.97 Å². The number of rotatable bonds is 11. The van der Waals surface area contributed by atoms with Crippen molar-refractivity contribution >= 4 is 23.5 Å². The highest BCUT2D eigenvalue weighted by atomic mass is 16.5. The molecule has 0 aromatic heterocycles. The third-order valence-corrected chi connectivity index (χ3v) is 4.46. The lowest BCUT2D eigenvalue weighted by molar-refractivity contribution is -0.147. The van der Waals surface area contributed by atoms with Gasteiger partial charge in [0, 0.05) is 24.3 Å². The van der Waals surface area contributed by atoms with E-state index in [-0.39, 0.29) is 18.9 Å². The summed E-state index contributed by atoms with van der Waals surface area (Å²) in [5, 5.41) is 2.63. The molecule has 2 aromatic rings. The van der Waals surface area contributed by atoms with E-state index in [4.69, 9.17) is 14.2 Å². The van der Waals surface area contributed by atoms with E-state index in [1.54, 1.807) is 47.4 Å². The monoisotopic (exact) mass is 428 g/mol. The van der Waals surface area contributed by atoms with Crippen molar-refractivity contribution in [3.63, 3.8) is 0 Å². The van der Waals surface area contributed by atoms with Crippen molar-refractivity contribution in [2.45, 2.75) is 20.3 Å². The number of anilines is 1. The van der Waals surface area contributed by atoms with Gasteiger partial charge in [0.1, 0.15) is 0 Å². The highest BCUT2D eigenvalue weighted by Crippen LogP contribution is 2.25. The molecule has 0 heterocycles. The number of nitrogens with zero attached hydrogens (tertiary/aromatic N) is 1. The van der Waals surface area contributed by atoms with Crippen LogP contribution in [0.25, 0.3) is 0 Å². The van der Waals surface area contributed by atoms with Crippen molar-refractivity contribution < 1.29 is 28.6 Å². The van der Waals surface area contributed by atoms with Crippen molar-refractivity contribution in [2.75, 3.05) is 38.7 Å². The van der Waals surface area contributed by atoms with Gasteiger partial charge in [-0.25, -0.2) is 0 Å². The maximum absolute atomic E-state index is 12.3. The number of hydrogen-bond donors (Lipinski definition) is 1. The Morgan fingerprint density at radius 3 is 2.19 bits per heavy atom. The number of methoxy groups -OCH3 is 1. The summed E-state index contributed by atoms with van der Waals surface area (Å²) in [6.07, 6.45) is -0.00645. The quantitative estimate of drug-likeness (QED) is 0.553. The molecule has 8 heteroatoms. The molecule has 2 amide bonds. The number of carbonyl (C=O) groups is 3. The lowest BCUT2D eigenvalue weighted by Gasteiger charge is -2.18. The molecule has 31 heavy (non-hydrogen) atoms. The largest absolute Gasteiger partial charge is 0.493 e. The molecule has 166 valence electrons. The lowest BCUT2D eigenvalue weighted by atomic mass is 10.2. The fourth-order valence-corrected chi connectivity index (χ4v) is 2.79. The van der Waals surface area contributed by atoms with E-state index in [2.05, 4.69) is 5.32 Å². The van der Waals surface area contributed by atoms with E-state index in [0.29, 0.717) is 35.8 Å². The Hall–Kier alpha value is -3.55. The number of hydrogen-bond acceptors (Lipinski definition) is 6. The van der Waals surface area contributed by atoms with Crippen molar-refractivity contribution in [1.82, 2.24) is 4.90 Å². The number of para-hydroxylation sites is 2. The minimum Gasteiger partial charge on any atom is -0.493 e. The molecule has 0 unspecified atom stereocenters. The summed E-state index contributed by atoms with van der Waals surface area (Å²) < 4.78 is 15.6. The smallest absolute Gasteiger partial charge is 0.309 e. The van der Waals surface area contributed by atoms with Gasteiger partial charge in [0.25, 0.3) is 11.8 Å². The number of carbonyl (C=O) groups excluding carboxylic acids is 3. The van der Waals surface area contributed by atoms with E-state index in [1.165, 1.54) is 7.11 Å². The average Bonchev–Trinajstić information content (AvgIpc) is 2.79. The predicted octanol–water partition coefficient (Wildman–Crippen LogP) is 3.13. The molecule has 0 aliphatic heterocycles. The van der Waals surface area contributed by atoms with Crippen LogP contribution in [0.1, 0.15) is 30.6 Å². The molecule has 0 atom stereocenters. The minimum atomic E-state index is -0.551. The number of ether oxygens (including phenoxy) is 3. The zero-order chi connectivity index (χ0) is 22.6. The Morgan fingerprint density at radius 2 is 1.58 bits per heavy atom. The first-order chi connectivity index (χ1) is 15.0. The zero-order valence-corrected chi connectivity index (χ0v) is 18.1. The highest BCUT2D eigenvalue weighted by Gasteiger charge is 2.13. The summed E-state index contributed by atoms with van der Waals surface area (Å²) in [5.41, 5.74) is 1.06. The van der Waals surface area contributed by atoms with Crippen LogP contribution in [0.15, 0.2) is 48.5 Å². The molecule has 8 nitrogen and oxygen atoms in total. The minimum absolute atomic E-state index is 0.00645. The topological polar surface area (TPSA) is 94.2 Å². The number of benzene rings is 2. The van der Waals surface area contributed by atoms with E-state index in [1.807, 2.05) is 19.9 Å². The maximum atomic E-state index is 12.3. The standard InChI is InChI=1S/C23H28N2O6/c1-4-25(5-2)23(28)17-10-12-18(13-11-17)24-21(26)16-31-22(27)14-15-30-20-9-7-6-8-19(20)29-3/h6-13H,4-5,14-16H2,1-3H3,(H,24,26). The Balaban J connectivity index is 1.73. The zero-order valence-electron chi connectivity index (χ0n) is 18.1. The number of nitrogens with one attached hydrogen (secondary N) is 1. The van der Waals surface area contributed by atoms with Crippen LogP contribution in [0, 0.1) is 0 Å². The molecule has 0 spiro atoms. The predicted molar refractivity (Wildman–Crippen MR) is 116 cm³/mol. The summed E-state index contributed by atoms with van der Waals surface area (Å²) in [6, 6.07) is 13.7. The van der Waals surface area contributed by atoms with Crippen LogP contribution < -0.4 is 14.8 Å². The van der Waals surface area contributed by atoms with Crippen molar-refractivity contribution in [1.29, 1.82) is 0 Å². The van der Waals surface area contributed by atoms with Crippen molar-refractivity contribution in [3.8, 4) is 11.5 Å². The van der Waals surface area contributed by atoms with Crippen LogP contribution >= 0.6 is 0 Å². The van der Waals surface area contributed by atoms with Crippen LogP contribution in [0.2, 0.25) is 0 Å². The Labute approximate surface area is 182 Å². The third-order valence-electron chi connectivity index (χ3n) is 4.46.